The van der Waals surface area contributed by atoms with E-state index < -0.39 is 0 Å². The summed E-state index contributed by atoms with van der Waals surface area (Å²) in [7, 11) is 0. The zero-order valence-electron chi connectivity index (χ0n) is 6.29. The molecule has 2 aromatic rings. The van der Waals surface area contributed by atoms with Gasteiger partial charge in [-0.3, -0.25) is 0 Å². The Morgan fingerprint density at radius 3 is 2.75 bits per heavy atom. The lowest BCUT2D eigenvalue weighted by Crippen LogP contribution is -1.73. The molecular weight excluding hydrogens is 188 g/mol. The van der Waals surface area contributed by atoms with Crippen LogP contribution in [0.25, 0.3) is 10.8 Å². The van der Waals surface area contributed by atoms with E-state index in [2.05, 4.69) is 12.6 Å². The molecule has 0 heterocycles. The summed E-state index contributed by atoms with van der Waals surface area (Å²) in [4.78, 5) is 0.940. The largest absolute Gasteiger partial charge is 0.143 e. The van der Waals surface area contributed by atoms with Crippen LogP contribution < -0.4 is 0 Å². The molecule has 0 nitrogen and oxygen atoms in total. The fraction of sp³-hybridized carbons (Fsp3) is 0. The van der Waals surface area contributed by atoms with Gasteiger partial charge in [0.25, 0.3) is 0 Å². The lowest BCUT2D eigenvalue weighted by atomic mass is 10.1. The number of hydrogen-bond donors (Lipinski definition) is 1. The molecule has 0 aliphatic rings. The van der Waals surface area contributed by atoms with Crippen LogP contribution >= 0.6 is 24.2 Å². The number of thiol groups is 1. The quantitative estimate of drug-likeness (QED) is 0.607. The molecule has 0 radical (unpaired) electrons. The highest BCUT2D eigenvalue weighted by Gasteiger charge is 1.97. The molecule has 0 saturated carbocycles. The first-order valence-electron chi connectivity index (χ1n) is 3.64. The summed E-state index contributed by atoms with van der Waals surface area (Å²) < 4.78 is 0. The van der Waals surface area contributed by atoms with Gasteiger partial charge in [0.15, 0.2) is 0 Å². The second-order valence-electron chi connectivity index (χ2n) is 2.65. The summed E-state index contributed by atoms with van der Waals surface area (Å²) in [6.45, 7) is 0. The highest BCUT2D eigenvalue weighted by atomic mass is 35.5. The molecule has 60 valence electrons. The molecule has 0 saturated heterocycles. The number of benzene rings is 2. The summed E-state index contributed by atoms with van der Waals surface area (Å²) in [6.07, 6.45) is 0. The molecule has 2 heteroatoms. The van der Waals surface area contributed by atoms with Gasteiger partial charge in [0.05, 0.1) is 0 Å². The topological polar surface area (TPSA) is 0 Å². The lowest BCUT2D eigenvalue weighted by Gasteiger charge is -1.99. The van der Waals surface area contributed by atoms with Crippen molar-refractivity contribution in [3.8, 4) is 0 Å². The highest BCUT2D eigenvalue weighted by Crippen LogP contribution is 2.25. The van der Waals surface area contributed by atoms with Crippen LogP contribution in [-0.4, -0.2) is 0 Å². The maximum Gasteiger partial charge on any atom is 0.0484 e. The minimum atomic E-state index is 0.781. The van der Waals surface area contributed by atoms with Crippen LogP contribution in [0.2, 0.25) is 5.02 Å². The summed E-state index contributed by atoms with van der Waals surface area (Å²) in [5.74, 6) is 0. The minimum absolute atomic E-state index is 0.781. The van der Waals surface area contributed by atoms with Crippen LogP contribution in [0.1, 0.15) is 0 Å². The van der Waals surface area contributed by atoms with Crippen molar-refractivity contribution in [2.24, 2.45) is 0 Å². The van der Waals surface area contributed by atoms with Crippen molar-refractivity contribution >= 4 is 35.0 Å². The molecule has 0 aliphatic carbocycles. The van der Waals surface area contributed by atoms with Crippen LogP contribution in [0.5, 0.6) is 0 Å². The van der Waals surface area contributed by atoms with Crippen LogP contribution in [0.15, 0.2) is 41.3 Å². The van der Waals surface area contributed by atoms with Crippen molar-refractivity contribution in [2.45, 2.75) is 4.90 Å². The van der Waals surface area contributed by atoms with Gasteiger partial charge in [-0.25, -0.2) is 0 Å². The Hall–Kier alpha value is -0.660. The fourth-order valence-corrected chi connectivity index (χ4v) is 1.66. The van der Waals surface area contributed by atoms with E-state index in [-0.39, 0.29) is 0 Å². The third kappa shape index (κ3) is 1.30. The van der Waals surface area contributed by atoms with Gasteiger partial charge in [0.2, 0.25) is 0 Å². The van der Waals surface area contributed by atoms with Crippen molar-refractivity contribution in [3.63, 3.8) is 0 Å². The monoisotopic (exact) mass is 194 g/mol. The zero-order chi connectivity index (χ0) is 8.55. The van der Waals surface area contributed by atoms with Gasteiger partial charge in [-0.2, -0.15) is 0 Å². The maximum absolute atomic E-state index is 6.00. The van der Waals surface area contributed by atoms with Gasteiger partial charge in [0.1, 0.15) is 0 Å². The van der Waals surface area contributed by atoms with E-state index in [1.54, 1.807) is 0 Å². The number of rotatable bonds is 0. The molecule has 0 atom stereocenters. The molecule has 0 spiro atoms. The average molecular weight is 195 g/mol. The summed E-state index contributed by atoms with van der Waals surface area (Å²) in [5.41, 5.74) is 0. The average Bonchev–Trinajstić information content (AvgIpc) is 2.07. The lowest BCUT2D eigenvalue weighted by molar-refractivity contribution is 1.53. The molecule has 12 heavy (non-hydrogen) atoms. The smallest absolute Gasteiger partial charge is 0.0484 e. The van der Waals surface area contributed by atoms with Gasteiger partial charge in [-0.05, 0) is 23.6 Å². The zero-order valence-corrected chi connectivity index (χ0v) is 7.94. The molecule has 0 unspecified atom stereocenters. The van der Waals surface area contributed by atoms with Crippen molar-refractivity contribution in [3.05, 3.63) is 41.4 Å². The van der Waals surface area contributed by atoms with E-state index in [0.29, 0.717) is 0 Å². The van der Waals surface area contributed by atoms with Crippen LogP contribution in [0.3, 0.4) is 0 Å². The van der Waals surface area contributed by atoms with Gasteiger partial charge in [0, 0.05) is 15.3 Å². The van der Waals surface area contributed by atoms with Crippen LogP contribution in [0, 0.1) is 0 Å². The van der Waals surface area contributed by atoms with Crippen molar-refractivity contribution in [1.82, 2.24) is 0 Å². The second-order valence-corrected chi connectivity index (χ2v) is 3.57. The Kier molecular flexibility index (Phi) is 1.99. The maximum atomic E-state index is 6.00. The Morgan fingerprint density at radius 2 is 1.92 bits per heavy atom. The van der Waals surface area contributed by atoms with Gasteiger partial charge in [-0.1, -0.05) is 29.8 Å². The Labute approximate surface area is 81.6 Å². The number of halogens is 1. The van der Waals surface area contributed by atoms with Crippen molar-refractivity contribution in [1.29, 1.82) is 0 Å². The second kappa shape index (κ2) is 3.00. The molecule has 0 aliphatic heterocycles. The predicted octanol–water partition coefficient (Wildman–Crippen LogP) is 3.78. The Balaban J connectivity index is 2.88. The van der Waals surface area contributed by atoms with E-state index in [1.807, 2.05) is 36.4 Å². The Bertz CT molecular complexity index is 423. The number of fused-ring (bicyclic) bond motifs is 1. The van der Waals surface area contributed by atoms with Gasteiger partial charge < -0.3 is 0 Å². The first kappa shape index (κ1) is 7.96. The molecule has 0 fully saturated rings. The van der Waals surface area contributed by atoms with Gasteiger partial charge >= 0.3 is 0 Å². The van der Waals surface area contributed by atoms with Crippen molar-refractivity contribution < 1.29 is 0 Å². The van der Waals surface area contributed by atoms with Crippen molar-refractivity contribution in [2.75, 3.05) is 0 Å². The van der Waals surface area contributed by atoms with E-state index in [9.17, 15) is 0 Å². The van der Waals surface area contributed by atoms with E-state index in [0.717, 1.165) is 20.7 Å². The highest BCUT2D eigenvalue weighted by molar-refractivity contribution is 7.80. The summed E-state index contributed by atoms with van der Waals surface area (Å²) in [6, 6.07) is 11.8. The normalized spacial score (nSPS) is 10.5. The fourth-order valence-electron chi connectivity index (χ4n) is 1.22. The molecule has 0 bridgehead atoms. The molecule has 0 N–H and O–H groups in total. The first-order chi connectivity index (χ1) is 5.77. The van der Waals surface area contributed by atoms with E-state index in [1.165, 1.54) is 0 Å². The van der Waals surface area contributed by atoms with Crippen LogP contribution in [0.4, 0.5) is 0 Å². The number of hydrogen-bond acceptors (Lipinski definition) is 1. The predicted molar refractivity (Wildman–Crippen MR) is 56.2 cm³/mol. The van der Waals surface area contributed by atoms with Gasteiger partial charge in [-0.15, -0.1) is 12.6 Å². The molecule has 0 amide bonds. The van der Waals surface area contributed by atoms with Crippen LogP contribution in [-0.2, 0) is 0 Å². The summed E-state index contributed by atoms with van der Waals surface area (Å²) >= 11 is 10.2. The third-order valence-electron chi connectivity index (χ3n) is 1.81. The molecule has 2 rings (SSSR count). The minimum Gasteiger partial charge on any atom is -0.143 e. The van der Waals surface area contributed by atoms with E-state index >= 15 is 0 Å². The Morgan fingerprint density at radius 1 is 1.08 bits per heavy atom. The molecule has 2 aromatic carbocycles. The third-order valence-corrected chi connectivity index (χ3v) is 2.42. The molecule has 0 aromatic heterocycles. The van der Waals surface area contributed by atoms with E-state index in [4.69, 9.17) is 11.6 Å². The first-order valence-corrected chi connectivity index (χ1v) is 4.47. The SMILES string of the molecule is Sc1ccc2cccc(Cl)c2c1. The molecular formula is C10H7ClS. The summed E-state index contributed by atoms with van der Waals surface area (Å²) in [5, 5.41) is 3.00. The standard InChI is InChI=1S/C10H7ClS/c11-10-3-1-2-7-4-5-8(12)6-9(7)10/h1-6,12H.